The normalized spacial score (nSPS) is 10.7. The topological polar surface area (TPSA) is 32.3 Å². The third-order valence-corrected chi connectivity index (χ3v) is 3.19. The summed E-state index contributed by atoms with van der Waals surface area (Å²) in [5.41, 5.74) is 1.16. The summed E-state index contributed by atoms with van der Waals surface area (Å²) < 4.78 is 0. The van der Waals surface area contributed by atoms with E-state index >= 15 is 0 Å². The Bertz CT molecular complexity index is 349. The summed E-state index contributed by atoms with van der Waals surface area (Å²) >= 11 is 1.53. The monoisotopic (exact) mass is 222 g/mol. The number of hydrogen-bond acceptors (Lipinski definition) is 3. The molecule has 5 heteroatoms. The van der Waals surface area contributed by atoms with Gasteiger partial charge in [-0.25, -0.2) is 0 Å². The van der Waals surface area contributed by atoms with Crippen molar-refractivity contribution in [2.45, 2.75) is 13.5 Å². The second-order valence-electron chi connectivity index (χ2n) is 3.66. The third kappa shape index (κ3) is 3.36. The molecule has 1 heterocycles. The number of nitrogens with one attached hydrogen (secondary N) is 1. The van der Waals surface area contributed by atoms with E-state index in [9.17, 15) is 4.79 Å². The summed E-state index contributed by atoms with van der Waals surface area (Å²) in [6.07, 6.45) is 0.179. The van der Waals surface area contributed by atoms with Crippen LogP contribution in [-0.2, 0) is 6.54 Å². The fourth-order valence-corrected chi connectivity index (χ4v) is 2.46. The van der Waals surface area contributed by atoms with Crippen LogP contribution in [0.2, 0.25) is 0 Å². The smallest absolute Gasteiger partial charge is 0.260 e. The molecule has 0 saturated carbocycles. The Morgan fingerprint density at radius 3 is 2.80 bits per heavy atom. The summed E-state index contributed by atoms with van der Waals surface area (Å²) in [4.78, 5) is 15.5. The average Bonchev–Trinajstić information content (AvgIpc) is 2.47. The summed E-state index contributed by atoms with van der Waals surface area (Å²) in [7, 11) is 9.28. The zero-order chi connectivity index (χ0) is 11.4. The van der Waals surface area contributed by atoms with Gasteiger partial charge in [-0.3, -0.25) is 4.79 Å². The van der Waals surface area contributed by atoms with Gasteiger partial charge in [-0.2, -0.15) is 0 Å². The SMILES string of the molecule is [B]CNC(=O)c1cc(C)c(CN(C)C)s1. The average molecular weight is 222 g/mol. The molecule has 15 heavy (non-hydrogen) atoms. The molecular formula is C10H15BN2OS. The van der Waals surface area contributed by atoms with Crippen molar-refractivity contribution in [3.63, 3.8) is 0 Å². The van der Waals surface area contributed by atoms with Crippen molar-refractivity contribution in [2.75, 3.05) is 20.5 Å². The molecule has 3 nitrogen and oxygen atoms in total. The van der Waals surface area contributed by atoms with Crippen molar-refractivity contribution in [2.24, 2.45) is 0 Å². The zero-order valence-corrected chi connectivity index (χ0v) is 10.1. The summed E-state index contributed by atoms with van der Waals surface area (Å²) in [6.45, 7) is 2.89. The first-order chi connectivity index (χ1) is 7.04. The predicted octanol–water partition coefficient (Wildman–Crippen LogP) is 0.974. The Morgan fingerprint density at radius 1 is 1.60 bits per heavy atom. The van der Waals surface area contributed by atoms with Crippen LogP contribution in [0.25, 0.3) is 0 Å². The number of rotatable bonds is 4. The lowest BCUT2D eigenvalue weighted by Crippen LogP contribution is -2.23. The predicted molar refractivity (Wildman–Crippen MR) is 64.5 cm³/mol. The zero-order valence-electron chi connectivity index (χ0n) is 9.33. The highest BCUT2D eigenvalue weighted by atomic mass is 32.1. The summed E-state index contributed by atoms with van der Waals surface area (Å²) in [5, 5.41) is 2.59. The molecule has 0 atom stereocenters. The maximum absolute atomic E-state index is 11.5. The maximum Gasteiger partial charge on any atom is 0.260 e. The quantitative estimate of drug-likeness (QED) is 0.770. The lowest BCUT2D eigenvalue weighted by Gasteiger charge is -2.07. The molecule has 0 spiro atoms. The van der Waals surface area contributed by atoms with Crippen LogP contribution in [0.1, 0.15) is 20.1 Å². The molecule has 0 aliphatic rings. The van der Waals surface area contributed by atoms with Crippen LogP contribution in [0.3, 0.4) is 0 Å². The van der Waals surface area contributed by atoms with Crippen molar-refractivity contribution in [3.8, 4) is 0 Å². The Hall–Kier alpha value is -0.805. The van der Waals surface area contributed by atoms with Gasteiger partial charge in [0.2, 0.25) is 0 Å². The van der Waals surface area contributed by atoms with E-state index in [2.05, 4.69) is 10.2 Å². The lowest BCUT2D eigenvalue weighted by molar-refractivity contribution is 0.0964. The van der Waals surface area contributed by atoms with E-state index in [1.165, 1.54) is 16.2 Å². The number of carbonyl (C=O) groups excluding carboxylic acids is 1. The fraction of sp³-hybridized carbons (Fsp3) is 0.500. The van der Waals surface area contributed by atoms with Crippen molar-refractivity contribution < 1.29 is 4.79 Å². The van der Waals surface area contributed by atoms with Gasteiger partial charge in [-0.15, -0.1) is 11.3 Å². The highest BCUT2D eigenvalue weighted by Crippen LogP contribution is 2.22. The molecule has 0 fully saturated rings. The van der Waals surface area contributed by atoms with E-state index < -0.39 is 0 Å². The third-order valence-electron chi connectivity index (χ3n) is 1.97. The minimum absolute atomic E-state index is 0.0874. The van der Waals surface area contributed by atoms with Gasteiger partial charge in [0.15, 0.2) is 0 Å². The first kappa shape index (κ1) is 12.3. The van der Waals surface area contributed by atoms with Gasteiger partial charge in [-0.1, -0.05) is 0 Å². The standard InChI is InChI=1S/C10H15BN2OS/c1-7-4-8(10(14)12-6-11)15-9(7)5-13(2)3/h4H,5-6H2,1-3H3,(H,12,14). The van der Waals surface area contributed by atoms with Crippen LogP contribution >= 0.6 is 11.3 Å². The molecule has 0 bridgehead atoms. The minimum atomic E-state index is -0.0874. The Labute approximate surface area is 95.9 Å². The van der Waals surface area contributed by atoms with Gasteiger partial charge < -0.3 is 10.2 Å². The van der Waals surface area contributed by atoms with Crippen molar-refractivity contribution in [1.82, 2.24) is 10.2 Å². The van der Waals surface area contributed by atoms with E-state index in [1.807, 2.05) is 27.1 Å². The maximum atomic E-state index is 11.5. The van der Waals surface area contributed by atoms with Gasteiger partial charge in [0, 0.05) is 11.4 Å². The van der Waals surface area contributed by atoms with E-state index in [-0.39, 0.29) is 12.4 Å². The highest BCUT2D eigenvalue weighted by molar-refractivity contribution is 7.14. The number of nitrogens with zero attached hydrogens (tertiary/aromatic N) is 1. The molecule has 80 valence electrons. The molecular weight excluding hydrogens is 207 g/mol. The van der Waals surface area contributed by atoms with Crippen LogP contribution in [0.5, 0.6) is 0 Å². The first-order valence-corrected chi connectivity index (χ1v) is 5.58. The lowest BCUT2D eigenvalue weighted by atomic mass is 10.1. The fourth-order valence-electron chi connectivity index (χ4n) is 1.26. The van der Waals surface area contributed by atoms with Gasteiger partial charge in [0.05, 0.1) is 12.7 Å². The molecule has 1 amide bonds. The van der Waals surface area contributed by atoms with Crippen molar-refractivity contribution in [3.05, 3.63) is 21.4 Å². The first-order valence-electron chi connectivity index (χ1n) is 4.77. The number of amides is 1. The number of hydrogen-bond donors (Lipinski definition) is 1. The largest absolute Gasteiger partial charge is 0.360 e. The molecule has 0 saturated heterocycles. The Kier molecular flexibility index (Phi) is 4.35. The van der Waals surface area contributed by atoms with Crippen LogP contribution in [0.4, 0.5) is 0 Å². The van der Waals surface area contributed by atoms with Crippen LogP contribution in [0.15, 0.2) is 6.07 Å². The highest BCUT2D eigenvalue weighted by Gasteiger charge is 2.11. The van der Waals surface area contributed by atoms with Gasteiger partial charge in [0.1, 0.15) is 0 Å². The molecule has 0 unspecified atom stereocenters. The van der Waals surface area contributed by atoms with Gasteiger partial charge in [-0.05, 0) is 39.1 Å². The van der Waals surface area contributed by atoms with Crippen LogP contribution in [0, 0.1) is 6.92 Å². The van der Waals surface area contributed by atoms with Crippen molar-refractivity contribution >= 4 is 25.1 Å². The van der Waals surface area contributed by atoms with Gasteiger partial charge >= 0.3 is 0 Å². The number of thiophene rings is 1. The van der Waals surface area contributed by atoms with E-state index in [0.29, 0.717) is 0 Å². The number of carbonyl (C=O) groups is 1. The summed E-state index contributed by atoms with van der Waals surface area (Å²) in [5.74, 6) is -0.0874. The minimum Gasteiger partial charge on any atom is -0.360 e. The molecule has 1 aromatic heterocycles. The molecule has 0 aliphatic carbocycles. The molecule has 1 N–H and O–H groups in total. The van der Waals surface area contributed by atoms with Crippen LogP contribution in [-0.4, -0.2) is 39.2 Å². The molecule has 0 aromatic carbocycles. The molecule has 1 rings (SSSR count). The Morgan fingerprint density at radius 2 is 2.27 bits per heavy atom. The summed E-state index contributed by atoms with van der Waals surface area (Å²) in [6, 6.07) is 1.91. The Balaban J connectivity index is 2.80. The molecule has 1 aromatic rings. The second kappa shape index (κ2) is 5.33. The van der Waals surface area contributed by atoms with E-state index in [4.69, 9.17) is 7.85 Å². The second-order valence-corrected chi connectivity index (χ2v) is 4.80. The van der Waals surface area contributed by atoms with Gasteiger partial charge in [0.25, 0.3) is 5.91 Å². The molecule has 2 radical (unpaired) electrons. The van der Waals surface area contributed by atoms with E-state index in [0.717, 1.165) is 17.0 Å². The van der Waals surface area contributed by atoms with Crippen LogP contribution < -0.4 is 5.32 Å². The molecule has 0 aliphatic heterocycles. The van der Waals surface area contributed by atoms with E-state index in [1.54, 1.807) is 0 Å². The van der Waals surface area contributed by atoms with Crippen molar-refractivity contribution in [1.29, 1.82) is 0 Å². The number of aryl methyl sites for hydroxylation is 1.